The van der Waals surface area contributed by atoms with E-state index >= 15 is 0 Å². The van der Waals surface area contributed by atoms with E-state index in [1.807, 2.05) is 31.3 Å². The number of nitrogens with two attached hydrogens (primary N) is 1. The fraction of sp³-hybridized carbons (Fsp3) is 0.267. The van der Waals surface area contributed by atoms with Gasteiger partial charge in [-0.1, -0.05) is 0 Å². The van der Waals surface area contributed by atoms with Gasteiger partial charge in [0.15, 0.2) is 0 Å². The van der Waals surface area contributed by atoms with Crippen LogP contribution in [0.25, 0.3) is 11.3 Å². The van der Waals surface area contributed by atoms with Crippen LogP contribution in [0.5, 0.6) is 5.75 Å². The third-order valence-electron chi connectivity index (χ3n) is 3.22. The van der Waals surface area contributed by atoms with Crippen molar-refractivity contribution in [1.29, 1.82) is 0 Å². The fourth-order valence-electron chi connectivity index (χ4n) is 2.40. The number of aryl methyl sites for hydroxylation is 1. The third-order valence-corrected chi connectivity index (χ3v) is 3.22. The van der Waals surface area contributed by atoms with Gasteiger partial charge in [-0.25, -0.2) is 0 Å². The summed E-state index contributed by atoms with van der Waals surface area (Å²) < 4.78 is 5.70. The van der Waals surface area contributed by atoms with Gasteiger partial charge in [0.1, 0.15) is 11.9 Å². The third kappa shape index (κ3) is 1.82. The van der Waals surface area contributed by atoms with E-state index in [-0.39, 0.29) is 6.10 Å². The summed E-state index contributed by atoms with van der Waals surface area (Å²) in [5, 5.41) is 0. The van der Waals surface area contributed by atoms with Crippen molar-refractivity contribution in [2.75, 3.05) is 5.73 Å². The molecule has 1 unspecified atom stereocenters. The molecule has 1 aliphatic rings. The molecule has 3 nitrogen and oxygen atoms in total. The number of hydrogen-bond donors (Lipinski definition) is 1. The molecule has 0 amide bonds. The molecule has 0 bridgehead atoms. The molecular formula is C15H16N2O. The number of pyridine rings is 1. The molecule has 3 rings (SSSR count). The van der Waals surface area contributed by atoms with Crippen LogP contribution >= 0.6 is 0 Å². The van der Waals surface area contributed by atoms with Crippen LogP contribution in [-0.4, -0.2) is 11.1 Å². The van der Waals surface area contributed by atoms with Crippen molar-refractivity contribution < 1.29 is 4.74 Å². The highest BCUT2D eigenvalue weighted by atomic mass is 16.5. The van der Waals surface area contributed by atoms with Crippen molar-refractivity contribution in [2.24, 2.45) is 0 Å². The van der Waals surface area contributed by atoms with Crippen LogP contribution < -0.4 is 10.5 Å². The van der Waals surface area contributed by atoms with Gasteiger partial charge in [-0.15, -0.1) is 0 Å². The maximum absolute atomic E-state index is 6.03. The number of nitrogens with zero attached hydrogens (tertiary/aromatic N) is 1. The first-order valence-corrected chi connectivity index (χ1v) is 6.15. The monoisotopic (exact) mass is 240 g/mol. The Balaban J connectivity index is 2.05. The average molecular weight is 240 g/mol. The summed E-state index contributed by atoms with van der Waals surface area (Å²) >= 11 is 0. The molecule has 0 saturated carbocycles. The zero-order chi connectivity index (χ0) is 12.7. The average Bonchev–Trinajstić information content (AvgIpc) is 2.68. The SMILES string of the molecule is Cc1cnc(-c2ccc3c(c2)CC(C)O3)c(N)c1. The van der Waals surface area contributed by atoms with Gasteiger partial charge in [-0.05, 0) is 49.2 Å². The number of ether oxygens (including phenoxy) is 1. The van der Waals surface area contributed by atoms with E-state index in [4.69, 9.17) is 10.5 Å². The lowest BCUT2D eigenvalue weighted by atomic mass is 10.0. The summed E-state index contributed by atoms with van der Waals surface area (Å²) in [5.74, 6) is 0.983. The van der Waals surface area contributed by atoms with Crippen molar-refractivity contribution in [3.05, 3.63) is 41.6 Å². The number of nitrogen functional groups attached to an aromatic ring is 1. The van der Waals surface area contributed by atoms with Crippen molar-refractivity contribution in [3.63, 3.8) is 0 Å². The van der Waals surface area contributed by atoms with Crippen molar-refractivity contribution in [2.45, 2.75) is 26.4 Å². The minimum absolute atomic E-state index is 0.263. The van der Waals surface area contributed by atoms with Crippen LogP contribution in [0.1, 0.15) is 18.1 Å². The summed E-state index contributed by atoms with van der Waals surface area (Å²) in [6.45, 7) is 4.07. The molecule has 2 N–H and O–H groups in total. The Morgan fingerprint density at radius 1 is 1.33 bits per heavy atom. The van der Waals surface area contributed by atoms with E-state index in [0.717, 1.165) is 34.7 Å². The van der Waals surface area contributed by atoms with E-state index in [1.165, 1.54) is 5.56 Å². The number of benzene rings is 1. The highest BCUT2D eigenvalue weighted by molar-refractivity contribution is 5.74. The topological polar surface area (TPSA) is 48.1 Å². The molecule has 2 heterocycles. The normalized spacial score (nSPS) is 17.3. The van der Waals surface area contributed by atoms with Gasteiger partial charge in [0.25, 0.3) is 0 Å². The van der Waals surface area contributed by atoms with Crippen molar-refractivity contribution in [3.8, 4) is 17.0 Å². The molecule has 0 radical (unpaired) electrons. The van der Waals surface area contributed by atoms with Crippen LogP contribution in [-0.2, 0) is 6.42 Å². The Morgan fingerprint density at radius 3 is 2.94 bits per heavy atom. The quantitative estimate of drug-likeness (QED) is 0.833. The van der Waals surface area contributed by atoms with Gasteiger partial charge < -0.3 is 10.5 Å². The molecule has 0 saturated heterocycles. The number of anilines is 1. The maximum Gasteiger partial charge on any atom is 0.123 e. The largest absolute Gasteiger partial charge is 0.490 e. The van der Waals surface area contributed by atoms with Crippen LogP contribution in [0.3, 0.4) is 0 Å². The lowest BCUT2D eigenvalue weighted by Gasteiger charge is -2.07. The fourth-order valence-corrected chi connectivity index (χ4v) is 2.40. The van der Waals surface area contributed by atoms with E-state index in [0.29, 0.717) is 0 Å². The molecule has 18 heavy (non-hydrogen) atoms. The Labute approximate surface area is 107 Å². The number of fused-ring (bicyclic) bond motifs is 1. The second kappa shape index (κ2) is 4.02. The summed E-state index contributed by atoms with van der Waals surface area (Å²) in [5.41, 5.74) is 11.0. The smallest absolute Gasteiger partial charge is 0.123 e. The number of hydrogen-bond acceptors (Lipinski definition) is 3. The Morgan fingerprint density at radius 2 is 2.17 bits per heavy atom. The first-order valence-electron chi connectivity index (χ1n) is 6.15. The highest BCUT2D eigenvalue weighted by Gasteiger charge is 2.19. The van der Waals surface area contributed by atoms with Crippen LogP contribution in [0.2, 0.25) is 0 Å². The van der Waals surface area contributed by atoms with E-state index in [1.54, 1.807) is 0 Å². The Kier molecular flexibility index (Phi) is 2.47. The summed E-state index contributed by atoms with van der Waals surface area (Å²) in [4.78, 5) is 4.43. The van der Waals surface area contributed by atoms with Gasteiger partial charge >= 0.3 is 0 Å². The molecule has 1 aromatic carbocycles. The molecule has 0 aliphatic carbocycles. The lowest BCUT2D eigenvalue weighted by Crippen LogP contribution is -2.05. The first-order chi connectivity index (χ1) is 8.63. The summed E-state index contributed by atoms with van der Waals surface area (Å²) in [6, 6.07) is 8.11. The van der Waals surface area contributed by atoms with Crippen molar-refractivity contribution >= 4 is 5.69 Å². The molecule has 1 aromatic heterocycles. The van der Waals surface area contributed by atoms with Crippen LogP contribution in [0, 0.1) is 6.92 Å². The van der Waals surface area contributed by atoms with Crippen LogP contribution in [0.4, 0.5) is 5.69 Å². The highest BCUT2D eigenvalue weighted by Crippen LogP contribution is 2.33. The van der Waals surface area contributed by atoms with Gasteiger partial charge in [0.05, 0.1) is 11.4 Å². The van der Waals surface area contributed by atoms with Gasteiger partial charge in [-0.2, -0.15) is 0 Å². The van der Waals surface area contributed by atoms with Crippen molar-refractivity contribution in [1.82, 2.24) is 4.98 Å². The zero-order valence-corrected chi connectivity index (χ0v) is 10.6. The van der Waals surface area contributed by atoms with Gasteiger partial charge in [0, 0.05) is 18.2 Å². The minimum atomic E-state index is 0.263. The molecule has 1 aliphatic heterocycles. The Hall–Kier alpha value is -2.03. The number of aromatic nitrogens is 1. The van der Waals surface area contributed by atoms with Gasteiger partial charge in [0.2, 0.25) is 0 Å². The lowest BCUT2D eigenvalue weighted by molar-refractivity contribution is 0.254. The zero-order valence-electron chi connectivity index (χ0n) is 10.6. The summed E-state index contributed by atoms with van der Waals surface area (Å²) in [6.07, 6.45) is 3.06. The molecule has 0 spiro atoms. The molecule has 1 atom stereocenters. The standard InChI is InChI=1S/C15H16N2O/c1-9-5-13(16)15(17-8-9)11-3-4-14-12(7-11)6-10(2)18-14/h3-5,7-8,10H,6,16H2,1-2H3. The first kappa shape index (κ1) is 11.1. The molecule has 2 aromatic rings. The molecule has 92 valence electrons. The van der Waals surface area contributed by atoms with Crippen LogP contribution in [0.15, 0.2) is 30.5 Å². The predicted molar refractivity (Wildman–Crippen MR) is 72.6 cm³/mol. The second-order valence-corrected chi connectivity index (χ2v) is 4.91. The molecule has 3 heteroatoms. The molecule has 0 fully saturated rings. The van der Waals surface area contributed by atoms with Gasteiger partial charge in [-0.3, -0.25) is 4.98 Å². The second-order valence-electron chi connectivity index (χ2n) is 4.91. The molecular weight excluding hydrogens is 224 g/mol. The summed E-state index contributed by atoms with van der Waals surface area (Å²) in [7, 11) is 0. The van der Waals surface area contributed by atoms with E-state index in [2.05, 4.69) is 18.0 Å². The van der Waals surface area contributed by atoms with E-state index in [9.17, 15) is 0 Å². The predicted octanol–water partition coefficient (Wildman–Crippen LogP) is 2.96. The maximum atomic E-state index is 6.03. The minimum Gasteiger partial charge on any atom is -0.490 e. The number of rotatable bonds is 1. The Bertz CT molecular complexity index is 607. The van der Waals surface area contributed by atoms with E-state index < -0.39 is 0 Å².